The molecule has 5 heteroatoms. The Morgan fingerprint density at radius 2 is 2.36 bits per heavy atom. The molecule has 0 spiro atoms. The molecule has 22 heavy (non-hydrogen) atoms. The van der Waals surface area contributed by atoms with E-state index in [1.165, 1.54) is 5.56 Å². The third-order valence-electron chi connectivity index (χ3n) is 4.19. The maximum Gasteiger partial charge on any atom is 0.223 e. The van der Waals surface area contributed by atoms with Crippen molar-refractivity contribution < 1.29 is 4.79 Å². The first-order chi connectivity index (χ1) is 10.6. The van der Waals surface area contributed by atoms with Crippen LogP contribution >= 0.6 is 11.6 Å². The van der Waals surface area contributed by atoms with E-state index in [0.717, 1.165) is 31.0 Å². The summed E-state index contributed by atoms with van der Waals surface area (Å²) in [6, 6.07) is 10.4. The van der Waals surface area contributed by atoms with E-state index in [-0.39, 0.29) is 5.91 Å². The van der Waals surface area contributed by atoms with Crippen molar-refractivity contribution in [2.24, 2.45) is 0 Å². The predicted octanol–water partition coefficient (Wildman–Crippen LogP) is 3.24. The van der Waals surface area contributed by atoms with Gasteiger partial charge in [0.05, 0.1) is 12.5 Å². The number of nitriles is 1. The smallest absolute Gasteiger partial charge is 0.223 e. The summed E-state index contributed by atoms with van der Waals surface area (Å²) in [5.74, 6) is 0.104. The van der Waals surface area contributed by atoms with Gasteiger partial charge < -0.3 is 4.90 Å². The molecule has 4 nitrogen and oxygen atoms in total. The third kappa shape index (κ3) is 4.46. The van der Waals surface area contributed by atoms with Crippen LogP contribution in [-0.2, 0) is 4.79 Å². The maximum atomic E-state index is 12.1. The van der Waals surface area contributed by atoms with Gasteiger partial charge in [-0.3, -0.25) is 9.69 Å². The van der Waals surface area contributed by atoms with Gasteiger partial charge in [-0.1, -0.05) is 23.7 Å². The second-order valence-electron chi connectivity index (χ2n) is 5.72. The predicted molar refractivity (Wildman–Crippen MR) is 87.5 cm³/mol. The highest BCUT2D eigenvalue weighted by atomic mass is 35.5. The number of carbonyl (C=O) groups is 1. The molecule has 0 aromatic heterocycles. The van der Waals surface area contributed by atoms with Crippen LogP contribution in [0.15, 0.2) is 24.3 Å². The highest BCUT2D eigenvalue weighted by Crippen LogP contribution is 2.32. The molecule has 1 aliphatic heterocycles. The van der Waals surface area contributed by atoms with Gasteiger partial charge in [0.15, 0.2) is 0 Å². The van der Waals surface area contributed by atoms with Crippen molar-refractivity contribution in [1.29, 1.82) is 5.26 Å². The van der Waals surface area contributed by atoms with Crippen molar-refractivity contribution in [3.63, 3.8) is 0 Å². The zero-order valence-corrected chi connectivity index (χ0v) is 13.7. The molecule has 118 valence electrons. The molecule has 1 atom stereocenters. The summed E-state index contributed by atoms with van der Waals surface area (Å²) in [7, 11) is 1.76. The molecule has 1 fully saturated rings. The highest BCUT2D eigenvalue weighted by Gasteiger charge is 2.26. The van der Waals surface area contributed by atoms with Crippen molar-refractivity contribution in [3.8, 4) is 6.07 Å². The summed E-state index contributed by atoms with van der Waals surface area (Å²) in [4.78, 5) is 16.1. The number of hydrogen-bond donors (Lipinski definition) is 0. The normalized spacial score (nSPS) is 18.1. The van der Waals surface area contributed by atoms with Gasteiger partial charge in [-0.15, -0.1) is 0 Å². The van der Waals surface area contributed by atoms with Crippen LogP contribution in [-0.4, -0.2) is 42.4 Å². The van der Waals surface area contributed by atoms with E-state index in [4.69, 9.17) is 16.9 Å². The van der Waals surface area contributed by atoms with Crippen molar-refractivity contribution in [3.05, 3.63) is 34.9 Å². The average Bonchev–Trinajstić information content (AvgIpc) is 2.98. The van der Waals surface area contributed by atoms with Crippen molar-refractivity contribution in [1.82, 2.24) is 9.80 Å². The van der Waals surface area contributed by atoms with Crippen molar-refractivity contribution >= 4 is 17.5 Å². The Hall–Kier alpha value is -1.57. The standard InChI is InChI=1S/C17H22ClN3O/c1-20(10-4-9-19)17(22)8-12-21-11-3-7-16(21)14-5-2-6-15(18)13-14/h2,5-6,13,16H,3-4,7-8,10-12H2,1H3. The lowest BCUT2D eigenvalue weighted by Crippen LogP contribution is -2.32. The van der Waals surface area contributed by atoms with Gasteiger partial charge in [-0.2, -0.15) is 5.26 Å². The van der Waals surface area contributed by atoms with E-state index in [1.54, 1.807) is 11.9 Å². The molecule has 0 saturated carbocycles. The second kappa shape index (κ2) is 8.17. The lowest BCUT2D eigenvalue weighted by molar-refractivity contribution is -0.130. The molecule has 0 bridgehead atoms. The molecule has 0 N–H and O–H groups in total. The van der Waals surface area contributed by atoms with E-state index in [0.29, 0.717) is 25.4 Å². The molecule has 0 aliphatic carbocycles. The largest absolute Gasteiger partial charge is 0.345 e. The fourth-order valence-corrected chi connectivity index (χ4v) is 3.16. The van der Waals surface area contributed by atoms with Gasteiger partial charge in [0, 0.05) is 37.6 Å². The fourth-order valence-electron chi connectivity index (χ4n) is 2.96. The number of halogens is 1. The Balaban J connectivity index is 1.89. The highest BCUT2D eigenvalue weighted by molar-refractivity contribution is 6.30. The quantitative estimate of drug-likeness (QED) is 0.808. The number of rotatable bonds is 6. The monoisotopic (exact) mass is 319 g/mol. The maximum absolute atomic E-state index is 12.1. The molecule has 0 radical (unpaired) electrons. The Morgan fingerprint density at radius 1 is 1.55 bits per heavy atom. The average molecular weight is 320 g/mol. The van der Waals surface area contributed by atoms with E-state index in [1.807, 2.05) is 18.2 Å². The molecule has 1 saturated heterocycles. The Morgan fingerprint density at radius 3 is 3.09 bits per heavy atom. The number of benzene rings is 1. The zero-order chi connectivity index (χ0) is 15.9. The molecular formula is C17H22ClN3O. The molecule has 1 amide bonds. The Kier molecular flexibility index (Phi) is 6.23. The summed E-state index contributed by atoms with van der Waals surface area (Å²) >= 11 is 6.08. The van der Waals surface area contributed by atoms with E-state index < -0.39 is 0 Å². The molecule has 1 aromatic rings. The van der Waals surface area contributed by atoms with Crippen LogP contribution in [0, 0.1) is 11.3 Å². The first kappa shape index (κ1) is 16.8. The second-order valence-corrected chi connectivity index (χ2v) is 6.16. The minimum atomic E-state index is 0.104. The molecule has 1 aromatic carbocycles. The van der Waals surface area contributed by atoms with Crippen LogP contribution in [0.1, 0.15) is 37.3 Å². The van der Waals surface area contributed by atoms with Crippen LogP contribution in [0.5, 0.6) is 0 Å². The van der Waals surface area contributed by atoms with Gasteiger partial charge in [-0.05, 0) is 37.1 Å². The summed E-state index contributed by atoms with van der Waals surface area (Å²) in [5, 5.41) is 9.34. The summed E-state index contributed by atoms with van der Waals surface area (Å²) in [6.07, 6.45) is 3.14. The van der Waals surface area contributed by atoms with Gasteiger partial charge in [0.25, 0.3) is 0 Å². The van der Waals surface area contributed by atoms with E-state index in [2.05, 4.69) is 17.0 Å². The number of nitrogens with zero attached hydrogens (tertiary/aromatic N) is 3. The molecule has 2 rings (SSSR count). The van der Waals surface area contributed by atoms with Crippen LogP contribution in [0.25, 0.3) is 0 Å². The topological polar surface area (TPSA) is 47.3 Å². The van der Waals surface area contributed by atoms with E-state index in [9.17, 15) is 4.79 Å². The van der Waals surface area contributed by atoms with Crippen LogP contribution in [0.3, 0.4) is 0 Å². The van der Waals surface area contributed by atoms with Crippen LogP contribution in [0.2, 0.25) is 5.02 Å². The summed E-state index contributed by atoms with van der Waals surface area (Å²) < 4.78 is 0. The Labute approximate surface area is 137 Å². The van der Waals surface area contributed by atoms with Gasteiger partial charge in [0.2, 0.25) is 5.91 Å². The van der Waals surface area contributed by atoms with Gasteiger partial charge in [0.1, 0.15) is 0 Å². The first-order valence-corrected chi connectivity index (χ1v) is 8.10. The van der Waals surface area contributed by atoms with Crippen LogP contribution in [0.4, 0.5) is 0 Å². The zero-order valence-electron chi connectivity index (χ0n) is 13.0. The number of amides is 1. The minimum Gasteiger partial charge on any atom is -0.345 e. The van der Waals surface area contributed by atoms with Gasteiger partial charge >= 0.3 is 0 Å². The Bertz CT molecular complexity index is 555. The van der Waals surface area contributed by atoms with Crippen molar-refractivity contribution in [2.45, 2.75) is 31.7 Å². The fraction of sp³-hybridized carbons (Fsp3) is 0.529. The number of likely N-dealkylation sites (tertiary alicyclic amines) is 1. The number of hydrogen-bond acceptors (Lipinski definition) is 3. The number of carbonyl (C=O) groups excluding carboxylic acids is 1. The first-order valence-electron chi connectivity index (χ1n) is 7.72. The third-order valence-corrected chi connectivity index (χ3v) is 4.43. The molecule has 1 aliphatic rings. The molecule has 1 heterocycles. The van der Waals surface area contributed by atoms with Crippen LogP contribution < -0.4 is 0 Å². The molecular weight excluding hydrogens is 298 g/mol. The van der Waals surface area contributed by atoms with E-state index >= 15 is 0 Å². The summed E-state index contributed by atoms with van der Waals surface area (Å²) in [6.45, 7) is 2.28. The minimum absolute atomic E-state index is 0.104. The van der Waals surface area contributed by atoms with Gasteiger partial charge in [-0.25, -0.2) is 0 Å². The SMILES string of the molecule is CN(CCC#N)C(=O)CCN1CCCC1c1cccc(Cl)c1. The summed E-state index contributed by atoms with van der Waals surface area (Å²) in [5.41, 5.74) is 1.23. The lowest BCUT2D eigenvalue weighted by Gasteiger charge is -2.25. The van der Waals surface area contributed by atoms with Crippen molar-refractivity contribution in [2.75, 3.05) is 26.7 Å². The lowest BCUT2D eigenvalue weighted by atomic mass is 10.0. The molecule has 1 unspecified atom stereocenters.